The minimum absolute atomic E-state index is 0.187. The predicted octanol–water partition coefficient (Wildman–Crippen LogP) is 3.03. The van der Waals surface area contributed by atoms with Crippen molar-refractivity contribution in [2.45, 2.75) is 50.9 Å². The Balaban J connectivity index is 1.54. The summed E-state index contributed by atoms with van der Waals surface area (Å²) in [6.07, 6.45) is 2.79. The number of benzene rings is 2. The lowest BCUT2D eigenvalue weighted by Gasteiger charge is -2.50. The fourth-order valence-corrected chi connectivity index (χ4v) is 5.30. The minimum atomic E-state index is -0.376. The van der Waals surface area contributed by atoms with Crippen molar-refractivity contribution in [3.8, 4) is 17.2 Å². The fraction of sp³-hybridized carbons (Fsp3) is 0.480. The number of nitrogens with zero attached hydrogens (tertiary/aromatic N) is 2. The minimum Gasteiger partial charge on any atom is -0.497 e. The van der Waals surface area contributed by atoms with Gasteiger partial charge in [-0.05, 0) is 32.0 Å². The van der Waals surface area contributed by atoms with E-state index in [4.69, 9.17) is 19.3 Å². The maximum atomic E-state index is 6.73. The highest BCUT2D eigenvalue weighted by atomic mass is 16.5. The second kappa shape index (κ2) is 7.75. The van der Waals surface area contributed by atoms with Gasteiger partial charge in [-0.15, -0.1) is 0 Å². The first-order valence-electron chi connectivity index (χ1n) is 11.3. The number of ether oxygens (including phenoxy) is 3. The molecule has 1 fully saturated rings. The Morgan fingerprint density at radius 3 is 2.58 bits per heavy atom. The number of hydrogen-bond acceptors (Lipinski definition) is 5. The Bertz CT molecular complexity index is 995. The first kappa shape index (κ1) is 20.2. The summed E-state index contributed by atoms with van der Waals surface area (Å²) in [6, 6.07) is 15.2. The molecule has 0 bridgehead atoms. The normalized spacial score (nSPS) is 26.9. The highest BCUT2D eigenvalue weighted by Crippen LogP contribution is 2.49. The van der Waals surface area contributed by atoms with Gasteiger partial charge in [0.25, 0.3) is 0 Å². The molecule has 1 saturated heterocycles. The summed E-state index contributed by atoms with van der Waals surface area (Å²) in [5.41, 5.74) is 2.91. The maximum Gasteiger partial charge on any atom is 0.208 e. The van der Waals surface area contributed by atoms with E-state index in [1.165, 1.54) is 5.56 Å². The number of piperidine rings is 1. The molecule has 0 saturated carbocycles. The predicted molar refractivity (Wildman–Crippen MR) is 120 cm³/mol. The van der Waals surface area contributed by atoms with Crippen LogP contribution in [0.4, 0.5) is 0 Å². The van der Waals surface area contributed by atoms with Crippen molar-refractivity contribution >= 4 is 5.71 Å². The topological polar surface area (TPSA) is 47.7 Å². The molecule has 2 aromatic carbocycles. The number of likely N-dealkylation sites (tertiary alicyclic amines) is 1. The average Bonchev–Trinajstić information content (AvgIpc) is 3.25. The van der Waals surface area contributed by atoms with Crippen LogP contribution >= 0.6 is 0 Å². The van der Waals surface area contributed by atoms with E-state index in [0.717, 1.165) is 60.9 Å². The summed E-state index contributed by atoms with van der Waals surface area (Å²) < 4.78 is 17.8. The van der Waals surface area contributed by atoms with Crippen LogP contribution in [-0.2, 0) is 0 Å². The second-order valence-electron chi connectivity index (χ2n) is 9.08. The third-order valence-electron chi connectivity index (χ3n) is 7.12. The highest BCUT2D eigenvalue weighted by molar-refractivity contribution is 6.04. The van der Waals surface area contributed by atoms with Gasteiger partial charge in [0, 0.05) is 23.6 Å². The van der Waals surface area contributed by atoms with Crippen molar-refractivity contribution in [3.05, 3.63) is 53.6 Å². The van der Waals surface area contributed by atoms with Gasteiger partial charge >= 0.3 is 0 Å². The molecule has 3 aliphatic rings. The van der Waals surface area contributed by atoms with Crippen molar-refractivity contribution in [1.82, 2.24) is 5.01 Å². The van der Waals surface area contributed by atoms with Gasteiger partial charge in [-0.25, -0.2) is 5.01 Å². The van der Waals surface area contributed by atoms with Gasteiger partial charge in [0.15, 0.2) is 0 Å². The third-order valence-corrected chi connectivity index (χ3v) is 7.12. The van der Waals surface area contributed by atoms with E-state index in [0.29, 0.717) is 6.04 Å². The molecule has 6 nitrogen and oxygen atoms in total. The molecule has 164 valence electrons. The van der Waals surface area contributed by atoms with Crippen molar-refractivity contribution in [3.63, 3.8) is 0 Å². The summed E-state index contributed by atoms with van der Waals surface area (Å²) in [7, 11) is 3.37. The van der Waals surface area contributed by atoms with Crippen LogP contribution in [0.15, 0.2) is 47.6 Å². The monoisotopic (exact) mass is 422 g/mol. The Labute approximate surface area is 184 Å². The SMILES string of the molecule is COc1ccc(C2=NN3[C@H](C2)c2ccccc2OC32CC[NH+](C(C)C)CC2)c(OC)c1. The van der Waals surface area contributed by atoms with Crippen LogP contribution in [-0.4, -0.2) is 49.8 Å². The Hall–Kier alpha value is -2.73. The third kappa shape index (κ3) is 3.33. The number of para-hydroxylation sites is 1. The zero-order valence-electron chi connectivity index (χ0n) is 18.9. The smallest absolute Gasteiger partial charge is 0.208 e. The van der Waals surface area contributed by atoms with Crippen LogP contribution in [0.5, 0.6) is 17.2 Å². The van der Waals surface area contributed by atoms with Gasteiger partial charge in [0.1, 0.15) is 17.2 Å². The quantitative estimate of drug-likeness (QED) is 0.823. The van der Waals surface area contributed by atoms with E-state index >= 15 is 0 Å². The van der Waals surface area contributed by atoms with E-state index in [9.17, 15) is 0 Å². The standard InChI is InChI=1S/C25H31N3O3/c1-17(2)27-13-11-25(12-14-27)28-22(20-7-5-6-8-23(20)31-25)16-21(26-28)19-10-9-18(29-3)15-24(19)30-4/h5-10,15,17,22H,11-14,16H2,1-4H3/p+1/t22-/m1/s1. The Kier molecular flexibility index (Phi) is 5.05. The van der Waals surface area contributed by atoms with E-state index in [-0.39, 0.29) is 11.8 Å². The molecule has 3 aliphatic heterocycles. The summed E-state index contributed by atoms with van der Waals surface area (Å²) in [5, 5.41) is 7.45. The van der Waals surface area contributed by atoms with E-state index in [2.05, 4.69) is 49.2 Å². The zero-order valence-corrected chi connectivity index (χ0v) is 18.9. The molecule has 0 amide bonds. The molecule has 1 N–H and O–H groups in total. The molecule has 0 unspecified atom stereocenters. The summed E-state index contributed by atoms with van der Waals surface area (Å²) in [4.78, 5) is 1.64. The van der Waals surface area contributed by atoms with Crippen LogP contribution in [0.25, 0.3) is 0 Å². The molecule has 3 heterocycles. The first-order chi connectivity index (χ1) is 15.0. The Morgan fingerprint density at radius 2 is 1.87 bits per heavy atom. The average molecular weight is 423 g/mol. The van der Waals surface area contributed by atoms with Gasteiger partial charge in [0.05, 0.1) is 57.9 Å². The summed E-state index contributed by atoms with van der Waals surface area (Å²) in [6.45, 7) is 6.80. The summed E-state index contributed by atoms with van der Waals surface area (Å²) in [5.74, 6) is 2.58. The molecule has 1 atom stereocenters. The molecule has 5 rings (SSSR count). The molecule has 6 heteroatoms. The molecule has 1 spiro atoms. The Morgan fingerprint density at radius 1 is 1.10 bits per heavy atom. The number of rotatable bonds is 4. The molecule has 31 heavy (non-hydrogen) atoms. The van der Waals surface area contributed by atoms with E-state index < -0.39 is 0 Å². The number of quaternary nitrogens is 1. The van der Waals surface area contributed by atoms with Gasteiger partial charge in [-0.1, -0.05) is 18.2 Å². The number of fused-ring (bicyclic) bond motifs is 4. The highest BCUT2D eigenvalue weighted by Gasteiger charge is 2.53. The lowest BCUT2D eigenvalue weighted by atomic mass is 9.90. The second-order valence-corrected chi connectivity index (χ2v) is 9.08. The van der Waals surface area contributed by atoms with Crippen molar-refractivity contribution in [2.75, 3.05) is 27.3 Å². The van der Waals surface area contributed by atoms with Gasteiger partial charge in [-0.3, -0.25) is 0 Å². The van der Waals surface area contributed by atoms with Crippen molar-refractivity contribution in [2.24, 2.45) is 5.10 Å². The molecule has 0 radical (unpaired) electrons. The first-order valence-corrected chi connectivity index (χ1v) is 11.3. The summed E-state index contributed by atoms with van der Waals surface area (Å²) >= 11 is 0. The van der Waals surface area contributed by atoms with Crippen LogP contribution in [0.2, 0.25) is 0 Å². The van der Waals surface area contributed by atoms with E-state index in [1.54, 1.807) is 19.1 Å². The molecular formula is C25H32N3O3+. The number of nitrogens with one attached hydrogen (secondary N) is 1. The largest absolute Gasteiger partial charge is 0.497 e. The number of hydrogen-bond donors (Lipinski definition) is 1. The zero-order chi connectivity index (χ0) is 21.6. The van der Waals surface area contributed by atoms with Gasteiger partial charge < -0.3 is 19.1 Å². The molecular weight excluding hydrogens is 390 g/mol. The van der Waals surface area contributed by atoms with Crippen LogP contribution in [0, 0.1) is 0 Å². The van der Waals surface area contributed by atoms with Crippen molar-refractivity contribution in [1.29, 1.82) is 0 Å². The molecule has 2 aromatic rings. The lowest BCUT2D eigenvalue weighted by Crippen LogP contribution is -3.16. The van der Waals surface area contributed by atoms with Crippen LogP contribution in [0.1, 0.15) is 50.3 Å². The molecule has 0 aliphatic carbocycles. The fourth-order valence-electron chi connectivity index (χ4n) is 5.30. The number of hydrazone groups is 1. The van der Waals surface area contributed by atoms with Crippen LogP contribution < -0.4 is 19.1 Å². The van der Waals surface area contributed by atoms with Crippen molar-refractivity contribution < 1.29 is 19.1 Å². The van der Waals surface area contributed by atoms with Gasteiger partial charge in [0.2, 0.25) is 5.72 Å². The number of methoxy groups -OCH3 is 2. The van der Waals surface area contributed by atoms with Gasteiger partial charge in [-0.2, -0.15) is 5.10 Å². The van der Waals surface area contributed by atoms with Crippen LogP contribution in [0.3, 0.4) is 0 Å². The lowest BCUT2D eigenvalue weighted by molar-refractivity contribution is -0.929. The van der Waals surface area contributed by atoms with E-state index in [1.807, 2.05) is 12.1 Å². The maximum absolute atomic E-state index is 6.73. The molecule has 0 aromatic heterocycles.